The third-order valence-electron chi connectivity index (χ3n) is 2.79. The first kappa shape index (κ1) is 22.0. The van der Waals surface area contributed by atoms with E-state index in [2.05, 4.69) is 26.2 Å². The number of alkyl halides is 1. The van der Waals surface area contributed by atoms with Gasteiger partial charge in [-0.15, -0.1) is 5.10 Å². The zero-order chi connectivity index (χ0) is 18.5. The van der Waals surface area contributed by atoms with E-state index in [1.807, 2.05) is 27.0 Å². The van der Waals surface area contributed by atoms with Gasteiger partial charge in [0, 0.05) is 17.9 Å². The molecule has 0 amide bonds. The summed E-state index contributed by atoms with van der Waals surface area (Å²) < 4.78 is 22.9. The molecule has 144 valence electrons. The van der Waals surface area contributed by atoms with Gasteiger partial charge < -0.3 is 18.9 Å². The summed E-state index contributed by atoms with van der Waals surface area (Å²) in [4.78, 5) is 11.4. The second-order valence-electron chi connectivity index (χ2n) is 6.28. The lowest BCUT2D eigenvalue weighted by molar-refractivity contribution is -0.160. The number of halogens is 1. The summed E-state index contributed by atoms with van der Waals surface area (Å²) in [6.45, 7) is 8.32. The second kappa shape index (κ2) is 12.3. The molecule has 1 aromatic heterocycles. The molecule has 0 unspecified atom stereocenters. The van der Waals surface area contributed by atoms with Crippen LogP contribution in [0.25, 0.3) is 0 Å². The van der Waals surface area contributed by atoms with Crippen LogP contribution in [-0.4, -0.2) is 71.5 Å². The molecule has 0 atom stereocenters. The molecule has 0 fully saturated rings. The molecule has 0 bridgehead atoms. The van der Waals surface area contributed by atoms with E-state index < -0.39 is 5.60 Å². The number of hydrogen-bond donors (Lipinski definition) is 0. The first-order valence-corrected chi connectivity index (χ1v) is 9.43. The standard InChI is InChI=1S/C16H28BrN3O5/c1-16(2,3)25-15(21)13-24-11-10-23-9-8-22-7-6-20-12-14(4-5-17)18-19-20/h12H,4-11,13H2,1-3H3. The van der Waals surface area contributed by atoms with E-state index in [1.54, 1.807) is 4.68 Å². The minimum Gasteiger partial charge on any atom is -0.458 e. The van der Waals surface area contributed by atoms with E-state index in [0.29, 0.717) is 39.6 Å². The number of ether oxygens (including phenoxy) is 4. The zero-order valence-corrected chi connectivity index (χ0v) is 16.8. The van der Waals surface area contributed by atoms with Crippen LogP contribution in [0.5, 0.6) is 0 Å². The molecule has 25 heavy (non-hydrogen) atoms. The van der Waals surface area contributed by atoms with Gasteiger partial charge in [-0.1, -0.05) is 21.1 Å². The molecule has 9 heteroatoms. The van der Waals surface area contributed by atoms with Crippen molar-refractivity contribution in [3.8, 4) is 0 Å². The predicted molar refractivity (Wildman–Crippen MR) is 95.8 cm³/mol. The van der Waals surface area contributed by atoms with E-state index in [4.69, 9.17) is 18.9 Å². The first-order valence-electron chi connectivity index (χ1n) is 8.31. The predicted octanol–water partition coefficient (Wildman–Crippen LogP) is 1.61. The van der Waals surface area contributed by atoms with E-state index in [0.717, 1.165) is 17.4 Å². The number of carbonyl (C=O) groups excluding carboxylic acids is 1. The van der Waals surface area contributed by atoms with Crippen LogP contribution < -0.4 is 0 Å². The Kier molecular flexibility index (Phi) is 10.9. The molecule has 0 aromatic carbocycles. The van der Waals surface area contributed by atoms with Gasteiger partial charge in [-0.2, -0.15) is 0 Å². The Balaban J connectivity index is 1.89. The smallest absolute Gasteiger partial charge is 0.332 e. The van der Waals surface area contributed by atoms with Gasteiger partial charge in [-0.05, 0) is 20.8 Å². The van der Waals surface area contributed by atoms with Gasteiger partial charge in [0.05, 0.1) is 45.3 Å². The van der Waals surface area contributed by atoms with Crippen molar-refractivity contribution in [1.29, 1.82) is 0 Å². The average Bonchev–Trinajstić information content (AvgIpc) is 2.95. The van der Waals surface area contributed by atoms with Crippen molar-refractivity contribution in [3.05, 3.63) is 11.9 Å². The van der Waals surface area contributed by atoms with E-state index >= 15 is 0 Å². The summed E-state index contributed by atoms with van der Waals surface area (Å²) in [6, 6.07) is 0. The molecule has 1 rings (SSSR count). The van der Waals surface area contributed by atoms with Gasteiger partial charge in [-0.25, -0.2) is 9.48 Å². The number of aromatic nitrogens is 3. The van der Waals surface area contributed by atoms with Crippen LogP contribution in [0.1, 0.15) is 26.5 Å². The minimum absolute atomic E-state index is 0.0634. The van der Waals surface area contributed by atoms with Crippen LogP contribution in [0, 0.1) is 0 Å². The van der Waals surface area contributed by atoms with Crippen molar-refractivity contribution in [3.63, 3.8) is 0 Å². The summed E-state index contributed by atoms with van der Waals surface area (Å²) in [6.07, 6.45) is 2.79. The highest BCUT2D eigenvalue weighted by Gasteiger charge is 2.15. The Morgan fingerprint density at radius 1 is 1.12 bits per heavy atom. The normalized spacial score (nSPS) is 11.7. The van der Waals surface area contributed by atoms with Crippen molar-refractivity contribution in [2.24, 2.45) is 0 Å². The Morgan fingerprint density at radius 3 is 2.40 bits per heavy atom. The van der Waals surface area contributed by atoms with E-state index in [1.165, 1.54) is 0 Å². The lowest BCUT2D eigenvalue weighted by Crippen LogP contribution is -2.27. The summed E-state index contributed by atoms with van der Waals surface area (Å²) in [5, 5.41) is 8.95. The van der Waals surface area contributed by atoms with Crippen LogP contribution in [0.15, 0.2) is 6.20 Å². The molecule has 0 saturated carbocycles. The van der Waals surface area contributed by atoms with Crippen LogP contribution in [0.2, 0.25) is 0 Å². The van der Waals surface area contributed by atoms with Gasteiger partial charge in [-0.3, -0.25) is 0 Å². The molecule has 0 saturated heterocycles. The van der Waals surface area contributed by atoms with E-state index in [-0.39, 0.29) is 12.6 Å². The zero-order valence-electron chi connectivity index (χ0n) is 15.2. The third-order valence-corrected chi connectivity index (χ3v) is 3.18. The lowest BCUT2D eigenvalue weighted by atomic mass is 10.2. The molecule has 1 heterocycles. The van der Waals surface area contributed by atoms with Crippen molar-refractivity contribution in [2.45, 2.75) is 39.3 Å². The quantitative estimate of drug-likeness (QED) is 0.271. The Morgan fingerprint density at radius 2 is 1.76 bits per heavy atom. The van der Waals surface area contributed by atoms with Crippen molar-refractivity contribution in [2.75, 3.05) is 45.0 Å². The highest BCUT2D eigenvalue weighted by atomic mass is 79.9. The monoisotopic (exact) mass is 421 g/mol. The fraction of sp³-hybridized carbons (Fsp3) is 0.812. The maximum Gasteiger partial charge on any atom is 0.332 e. The number of hydrogen-bond acceptors (Lipinski definition) is 7. The third kappa shape index (κ3) is 12.0. The topological polar surface area (TPSA) is 84.7 Å². The first-order chi connectivity index (χ1) is 11.9. The highest BCUT2D eigenvalue weighted by Crippen LogP contribution is 2.06. The highest BCUT2D eigenvalue weighted by molar-refractivity contribution is 9.09. The Labute approximate surface area is 157 Å². The Hall–Kier alpha value is -1.03. The molecular formula is C16H28BrN3O5. The van der Waals surface area contributed by atoms with Crippen LogP contribution in [-0.2, 0) is 36.7 Å². The summed E-state index contributed by atoms with van der Waals surface area (Å²) in [5.74, 6) is -0.372. The fourth-order valence-corrected chi connectivity index (χ4v) is 2.19. The molecule has 8 nitrogen and oxygen atoms in total. The maximum atomic E-state index is 11.4. The molecular weight excluding hydrogens is 394 g/mol. The fourth-order valence-electron chi connectivity index (χ4n) is 1.78. The van der Waals surface area contributed by atoms with Gasteiger partial charge in [0.1, 0.15) is 12.2 Å². The number of rotatable bonds is 13. The minimum atomic E-state index is -0.490. The van der Waals surface area contributed by atoms with Gasteiger partial charge in [0.25, 0.3) is 0 Å². The van der Waals surface area contributed by atoms with Crippen LogP contribution in [0.3, 0.4) is 0 Å². The van der Waals surface area contributed by atoms with E-state index in [9.17, 15) is 4.79 Å². The maximum absolute atomic E-state index is 11.4. The van der Waals surface area contributed by atoms with Crippen molar-refractivity contribution in [1.82, 2.24) is 15.0 Å². The van der Waals surface area contributed by atoms with Gasteiger partial charge >= 0.3 is 5.97 Å². The van der Waals surface area contributed by atoms with Crippen molar-refractivity contribution < 1.29 is 23.7 Å². The lowest BCUT2D eigenvalue weighted by Gasteiger charge is -2.19. The SMILES string of the molecule is CC(C)(C)OC(=O)COCCOCCOCCn1cc(CCBr)nn1. The molecule has 1 aromatic rings. The van der Waals surface area contributed by atoms with Gasteiger partial charge in [0.2, 0.25) is 0 Å². The number of aryl methyl sites for hydroxylation is 1. The van der Waals surface area contributed by atoms with Gasteiger partial charge in [0.15, 0.2) is 0 Å². The summed E-state index contributed by atoms with van der Waals surface area (Å²) in [7, 11) is 0. The number of carbonyl (C=O) groups is 1. The van der Waals surface area contributed by atoms with Crippen LogP contribution >= 0.6 is 15.9 Å². The summed E-state index contributed by atoms with van der Waals surface area (Å²) in [5.41, 5.74) is 0.474. The molecule has 0 aliphatic heterocycles. The largest absolute Gasteiger partial charge is 0.458 e. The second-order valence-corrected chi connectivity index (χ2v) is 7.07. The molecule has 0 spiro atoms. The Bertz CT molecular complexity index is 490. The number of esters is 1. The average molecular weight is 422 g/mol. The molecule has 0 radical (unpaired) electrons. The van der Waals surface area contributed by atoms with Crippen LogP contribution in [0.4, 0.5) is 0 Å². The summed E-state index contributed by atoms with van der Waals surface area (Å²) >= 11 is 3.37. The van der Waals surface area contributed by atoms with Crippen molar-refractivity contribution >= 4 is 21.9 Å². The molecule has 0 aliphatic carbocycles. The molecule has 0 aliphatic rings. The number of nitrogens with zero attached hydrogens (tertiary/aromatic N) is 3. The molecule has 0 N–H and O–H groups in total.